The van der Waals surface area contributed by atoms with Crippen molar-refractivity contribution in [3.8, 4) is 17.4 Å². The minimum absolute atomic E-state index is 0.605. The first-order valence-electron chi connectivity index (χ1n) is 7.51. The molecule has 112 valence electrons. The van der Waals surface area contributed by atoms with Gasteiger partial charge in [-0.25, -0.2) is 9.97 Å². The van der Waals surface area contributed by atoms with Crippen LogP contribution < -0.4 is 9.47 Å². The van der Waals surface area contributed by atoms with Crippen molar-refractivity contribution in [2.75, 3.05) is 6.61 Å². The summed E-state index contributed by atoms with van der Waals surface area (Å²) in [5.41, 5.74) is 1.37. The van der Waals surface area contributed by atoms with Crippen LogP contribution in [0.25, 0.3) is 10.2 Å². The summed E-state index contributed by atoms with van der Waals surface area (Å²) in [5.74, 6) is 2.07. The van der Waals surface area contributed by atoms with Gasteiger partial charge >= 0.3 is 0 Å². The van der Waals surface area contributed by atoms with Gasteiger partial charge in [0.2, 0.25) is 5.88 Å². The van der Waals surface area contributed by atoms with E-state index in [1.807, 2.05) is 31.2 Å². The first kappa shape index (κ1) is 13.5. The van der Waals surface area contributed by atoms with Gasteiger partial charge in [0.15, 0.2) is 11.5 Å². The fraction of sp³-hybridized carbons (Fsp3) is 0.294. The third-order valence-corrected chi connectivity index (χ3v) is 5.02. The van der Waals surface area contributed by atoms with Gasteiger partial charge < -0.3 is 9.47 Å². The van der Waals surface area contributed by atoms with Gasteiger partial charge in [-0.05, 0) is 43.9 Å². The number of para-hydroxylation sites is 2. The molecule has 0 amide bonds. The summed E-state index contributed by atoms with van der Waals surface area (Å²) in [6.07, 6.45) is 5.02. The summed E-state index contributed by atoms with van der Waals surface area (Å²) in [6, 6.07) is 7.70. The molecule has 4 rings (SSSR count). The van der Waals surface area contributed by atoms with E-state index in [0.29, 0.717) is 18.2 Å². The second-order valence-corrected chi connectivity index (χ2v) is 6.28. The van der Waals surface area contributed by atoms with Crippen LogP contribution in [0.1, 0.15) is 23.8 Å². The molecule has 5 heteroatoms. The highest BCUT2D eigenvalue weighted by Gasteiger charge is 2.22. The molecule has 0 radical (unpaired) electrons. The van der Waals surface area contributed by atoms with Crippen LogP contribution in [0.3, 0.4) is 0 Å². The van der Waals surface area contributed by atoms with E-state index in [-0.39, 0.29) is 0 Å². The van der Waals surface area contributed by atoms with Crippen LogP contribution in [-0.4, -0.2) is 16.6 Å². The lowest BCUT2D eigenvalue weighted by atomic mass is 10.2. The normalized spacial score (nSPS) is 13.3. The Balaban J connectivity index is 1.79. The Morgan fingerprint density at radius 2 is 2.00 bits per heavy atom. The molecule has 0 saturated carbocycles. The molecule has 1 aliphatic carbocycles. The molecule has 0 aliphatic heterocycles. The third-order valence-electron chi connectivity index (χ3n) is 3.82. The Labute approximate surface area is 132 Å². The minimum Gasteiger partial charge on any atom is -0.490 e. The third kappa shape index (κ3) is 2.22. The van der Waals surface area contributed by atoms with Gasteiger partial charge in [0.1, 0.15) is 11.2 Å². The lowest BCUT2D eigenvalue weighted by molar-refractivity contribution is 0.320. The topological polar surface area (TPSA) is 44.2 Å². The maximum absolute atomic E-state index is 6.09. The Morgan fingerprint density at radius 1 is 1.14 bits per heavy atom. The Kier molecular flexibility index (Phi) is 3.42. The fourth-order valence-electron chi connectivity index (χ4n) is 2.89. The van der Waals surface area contributed by atoms with Gasteiger partial charge in [0.25, 0.3) is 0 Å². The van der Waals surface area contributed by atoms with Gasteiger partial charge in [0.05, 0.1) is 12.0 Å². The lowest BCUT2D eigenvalue weighted by Crippen LogP contribution is -1.96. The molecule has 2 aromatic heterocycles. The largest absolute Gasteiger partial charge is 0.490 e. The first-order valence-corrected chi connectivity index (χ1v) is 8.33. The lowest BCUT2D eigenvalue weighted by Gasteiger charge is -2.11. The molecule has 2 heterocycles. The van der Waals surface area contributed by atoms with Gasteiger partial charge in [-0.2, -0.15) is 0 Å². The van der Waals surface area contributed by atoms with E-state index in [9.17, 15) is 0 Å². The molecule has 22 heavy (non-hydrogen) atoms. The van der Waals surface area contributed by atoms with E-state index in [2.05, 4.69) is 9.97 Å². The van der Waals surface area contributed by atoms with Crippen molar-refractivity contribution in [1.29, 1.82) is 0 Å². The zero-order valence-electron chi connectivity index (χ0n) is 12.3. The summed E-state index contributed by atoms with van der Waals surface area (Å²) in [6.45, 7) is 2.57. The number of fused-ring (bicyclic) bond motifs is 3. The number of rotatable bonds is 4. The number of hydrogen-bond acceptors (Lipinski definition) is 5. The van der Waals surface area contributed by atoms with Crippen molar-refractivity contribution in [1.82, 2.24) is 9.97 Å². The Hall–Kier alpha value is -2.14. The van der Waals surface area contributed by atoms with Crippen molar-refractivity contribution in [2.45, 2.75) is 26.2 Å². The van der Waals surface area contributed by atoms with Gasteiger partial charge in [-0.15, -0.1) is 11.3 Å². The molecule has 0 fully saturated rings. The predicted octanol–water partition coefficient (Wildman–Crippen LogP) is 4.37. The number of ether oxygens (including phenoxy) is 2. The number of aromatic nitrogens is 2. The summed E-state index contributed by atoms with van der Waals surface area (Å²) < 4.78 is 11.7. The quantitative estimate of drug-likeness (QED) is 0.717. The summed E-state index contributed by atoms with van der Waals surface area (Å²) >= 11 is 1.76. The summed E-state index contributed by atoms with van der Waals surface area (Å²) in [4.78, 5) is 11.2. The second-order valence-electron chi connectivity index (χ2n) is 5.20. The van der Waals surface area contributed by atoms with Crippen molar-refractivity contribution in [3.05, 3.63) is 41.0 Å². The minimum atomic E-state index is 0.605. The maximum Gasteiger partial charge on any atom is 0.231 e. The van der Waals surface area contributed by atoms with Crippen LogP contribution >= 0.6 is 11.3 Å². The van der Waals surface area contributed by atoms with Crippen molar-refractivity contribution in [2.24, 2.45) is 0 Å². The van der Waals surface area contributed by atoms with Gasteiger partial charge in [-0.1, -0.05) is 12.1 Å². The van der Waals surface area contributed by atoms with E-state index >= 15 is 0 Å². The second kappa shape index (κ2) is 5.57. The summed E-state index contributed by atoms with van der Waals surface area (Å²) in [7, 11) is 0. The number of hydrogen-bond donors (Lipinski definition) is 0. The van der Waals surface area contributed by atoms with Crippen LogP contribution in [0.15, 0.2) is 30.6 Å². The standard InChI is InChI=1S/C17H16N2O2S/c1-2-20-12-7-3-4-8-13(12)21-16-15-11-6-5-9-14(11)22-17(15)19-10-18-16/h3-4,7-8,10H,2,5-6,9H2,1H3. The van der Waals surface area contributed by atoms with E-state index in [0.717, 1.165) is 28.8 Å². The van der Waals surface area contributed by atoms with Crippen LogP contribution in [0.2, 0.25) is 0 Å². The van der Waals surface area contributed by atoms with Gasteiger partial charge in [0, 0.05) is 4.88 Å². The van der Waals surface area contributed by atoms with Crippen molar-refractivity contribution < 1.29 is 9.47 Å². The smallest absolute Gasteiger partial charge is 0.231 e. The average Bonchev–Trinajstić information content (AvgIpc) is 3.10. The average molecular weight is 312 g/mol. The SMILES string of the molecule is CCOc1ccccc1Oc1ncnc2sc3c(c12)CCC3. The molecule has 4 nitrogen and oxygen atoms in total. The van der Waals surface area contributed by atoms with Crippen LogP contribution in [0.4, 0.5) is 0 Å². The monoisotopic (exact) mass is 312 g/mol. The molecule has 1 aromatic carbocycles. The Morgan fingerprint density at radius 3 is 2.86 bits per heavy atom. The molecule has 3 aromatic rings. The number of nitrogens with zero attached hydrogens (tertiary/aromatic N) is 2. The molecule has 0 saturated heterocycles. The van der Waals surface area contributed by atoms with Crippen molar-refractivity contribution >= 4 is 21.6 Å². The molecular weight excluding hydrogens is 296 g/mol. The molecule has 0 bridgehead atoms. The predicted molar refractivity (Wildman–Crippen MR) is 87.1 cm³/mol. The van der Waals surface area contributed by atoms with E-state index in [1.165, 1.54) is 16.9 Å². The molecular formula is C17H16N2O2S. The number of thiophene rings is 1. The van der Waals surface area contributed by atoms with Crippen molar-refractivity contribution in [3.63, 3.8) is 0 Å². The fourth-order valence-corrected chi connectivity index (χ4v) is 4.11. The highest BCUT2D eigenvalue weighted by atomic mass is 32.1. The highest BCUT2D eigenvalue weighted by molar-refractivity contribution is 7.18. The van der Waals surface area contributed by atoms with Crippen LogP contribution in [-0.2, 0) is 12.8 Å². The zero-order valence-corrected chi connectivity index (χ0v) is 13.2. The molecule has 0 unspecified atom stereocenters. The number of benzene rings is 1. The highest BCUT2D eigenvalue weighted by Crippen LogP contribution is 2.42. The first-order chi connectivity index (χ1) is 10.9. The zero-order chi connectivity index (χ0) is 14.9. The van der Waals surface area contributed by atoms with Gasteiger partial charge in [-0.3, -0.25) is 0 Å². The molecule has 0 N–H and O–H groups in total. The molecule has 0 spiro atoms. The number of aryl methyl sites for hydroxylation is 2. The Bertz CT molecular complexity index is 829. The van der Waals surface area contributed by atoms with E-state index in [4.69, 9.17) is 9.47 Å². The summed E-state index contributed by atoms with van der Waals surface area (Å²) in [5, 5.41) is 1.08. The van der Waals surface area contributed by atoms with Crippen LogP contribution in [0.5, 0.6) is 17.4 Å². The van der Waals surface area contributed by atoms with E-state index in [1.54, 1.807) is 17.7 Å². The molecule has 0 atom stereocenters. The maximum atomic E-state index is 6.09. The van der Waals surface area contributed by atoms with E-state index < -0.39 is 0 Å². The van der Waals surface area contributed by atoms with Crippen LogP contribution in [0, 0.1) is 0 Å². The molecule has 1 aliphatic rings.